The number of benzene rings is 1. The maximum absolute atomic E-state index is 5.90. The molecular formula is C13H18ClN. The fraction of sp³-hybridized carbons (Fsp3) is 0.538. The van der Waals surface area contributed by atoms with Gasteiger partial charge in [0, 0.05) is 18.5 Å². The van der Waals surface area contributed by atoms with E-state index in [-0.39, 0.29) is 0 Å². The van der Waals surface area contributed by atoms with Gasteiger partial charge < -0.3 is 0 Å². The second-order valence-corrected chi connectivity index (χ2v) is 4.70. The van der Waals surface area contributed by atoms with Crippen molar-refractivity contribution < 1.29 is 0 Å². The van der Waals surface area contributed by atoms with Crippen LogP contribution in [-0.2, 0) is 0 Å². The number of hydrogen-bond acceptors (Lipinski definition) is 1. The summed E-state index contributed by atoms with van der Waals surface area (Å²) in [5, 5.41) is 0. The van der Waals surface area contributed by atoms with Gasteiger partial charge in [-0.25, -0.2) is 0 Å². The van der Waals surface area contributed by atoms with Gasteiger partial charge in [-0.3, -0.25) is 4.90 Å². The summed E-state index contributed by atoms with van der Waals surface area (Å²) in [5.74, 6) is 1.50. The zero-order chi connectivity index (χ0) is 10.7. The van der Waals surface area contributed by atoms with Crippen molar-refractivity contribution in [1.29, 1.82) is 0 Å². The Hall–Kier alpha value is -0.530. The average Bonchev–Trinajstić information content (AvgIpc) is 2.78. The van der Waals surface area contributed by atoms with Crippen LogP contribution < -0.4 is 0 Å². The third kappa shape index (κ3) is 2.53. The molecule has 15 heavy (non-hydrogen) atoms. The van der Waals surface area contributed by atoms with Gasteiger partial charge in [-0.05, 0) is 31.4 Å². The summed E-state index contributed by atoms with van der Waals surface area (Å²) in [6, 6.07) is 11.2. The molecule has 1 aromatic rings. The number of halogens is 1. The van der Waals surface area contributed by atoms with Crippen LogP contribution in [0.25, 0.3) is 0 Å². The Morgan fingerprint density at radius 2 is 2.13 bits per heavy atom. The lowest BCUT2D eigenvalue weighted by atomic mass is 10.1. The molecule has 1 unspecified atom stereocenters. The molecule has 82 valence electrons. The molecule has 0 bridgehead atoms. The summed E-state index contributed by atoms with van der Waals surface area (Å²) in [7, 11) is 0. The molecule has 1 aromatic carbocycles. The highest BCUT2D eigenvalue weighted by molar-refractivity contribution is 6.18. The molecule has 1 nitrogen and oxygen atoms in total. The number of rotatable bonds is 3. The van der Waals surface area contributed by atoms with Crippen LogP contribution in [0.3, 0.4) is 0 Å². The Morgan fingerprint density at radius 1 is 1.40 bits per heavy atom. The van der Waals surface area contributed by atoms with E-state index in [4.69, 9.17) is 11.6 Å². The molecule has 1 fully saturated rings. The summed E-state index contributed by atoms with van der Waals surface area (Å²) in [6.45, 7) is 4.62. The van der Waals surface area contributed by atoms with Crippen LogP contribution in [0.4, 0.5) is 0 Å². The lowest BCUT2D eigenvalue weighted by Crippen LogP contribution is -2.24. The first-order valence-electron chi connectivity index (χ1n) is 5.66. The summed E-state index contributed by atoms with van der Waals surface area (Å²) >= 11 is 5.90. The van der Waals surface area contributed by atoms with Crippen LogP contribution in [0, 0.1) is 5.92 Å². The van der Waals surface area contributed by atoms with Crippen LogP contribution in [0.2, 0.25) is 0 Å². The second-order valence-electron chi connectivity index (χ2n) is 4.39. The van der Waals surface area contributed by atoms with Crippen molar-refractivity contribution in [2.45, 2.75) is 19.4 Å². The predicted molar refractivity (Wildman–Crippen MR) is 65.3 cm³/mol. The first-order valence-corrected chi connectivity index (χ1v) is 6.19. The van der Waals surface area contributed by atoms with Gasteiger partial charge in [0.1, 0.15) is 0 Å². The maximum atomic E-state index is 5.90. The van der Waals surface area contributed by atoms with Gasteiger partial charge in [0.25, 0.3) is 0 Å². The van der Waals surface area contributed by atoms with Crippen molar-refractivity contribution in [3.8, 4) is 0 Å². The number of nitrogens with zero attached hydrogens (tertiary/aromatic N) is 1. The molecule has 0 radical (unpaired) electrons. The molecule has 0 saturated carbocycles. The average molecular weight is 224 g/mol. The van der Waals surface area contributed by atoms with Gasteiger partial charge in [-0.2, -0.15) is 0 Å². The van der Waals surface area contributed by atoms with Crippen molar-refractivity contribution >= 4 is 11.6 Å². The molecule has 0 spiro atoms. The lowest BCUT2D eigenvalue weighted by Gasteiger charge is -2.24. The van der Waals surface area contributed by atoms with Gasteiger partial charge in [0.2, 0.25) is 0 Å². The number of alkyl halides is 1. The Kier molecular flexibility index (Phi) is 3.66. The molecular weight excluding hydrogens is 206 g/mol. The van der Waals surface area contributed by atoms with Crippen LogP contribution in [0.15, 0.2) is 30.3 Å². The second kappa shape index (κ2) is 5.00. The summed E-state index contributed by atoms with van der Waals surface area (Å²) in [4.78, 5) is 2.53. The molecule has 2 rings (SSSR count). The zero-order valence-corrected chi connectivity index (χ0v) is 9.95. The third-order valence-corrected chi connectivity index (χ3v) is 3.80. The first-order chi connectivity index (χ1) is 7.31. The summed E-state index contributed by atoms with van der Waals surface area (Å²) < 4.78 is 0. The standard InChI is InChI=1S/C13H18ClN/c1-11(13-5-3-2-4-6-13)15-8-7-12(9-14)10-15/h2-6,11-12H,7-10H2,1H3/t11-,12?/m0/s1. The van der Waals surface area contributed by atoms with E-state index in [1.807, 2.05) is 0 Å². The van der Waals surface area contributed by atoms with E-state index >= 15 is 0 Å². The van der Waals surface area contributed by atoms with E-state index in [1.54, 1.807) is 0 Å². The van der Waals surface area contributed by atoms with Crippen molar-refractivity contribution in [2.24, 2.45) is 5.92 Å². The van der Waals surface area contributed by atoms with Crippen molar-refractivity contribution in [3.05, 3.63) is 35.9 Å². The highest BCUT2D eigenvalue weighted by Crippen LogP contribution is 2.27. The van der Waals surface area contributed by atoms with Crippen molar-refractivity contribution in [1.82, 2.24) is 4.90 Å². The predicted octanol–water partition coefficient (Wildman–Crippen LogP) is 3.31. The first kappa shape index (κ1) is 11.0. The van der Waals surface area contributed by atoms with Crippen molar-refractivity contribution in [3.63, 3.8) is 0 Å². The monoisotopic (exact) mass is 223 g/mol. The largest absolute Gasteiger partial charge is 0.296 e. The van der Waals surface area contributed by atoms with E-state index in [9.17, 15) is 0 Å². The fourth-order valence-electron chi connectivity index (χ4n) is 2.28. The Labute approximate surface area is 97.0 Å². The molecule has 1 aliphatic rings. The molecule has 2 heteroatoms. The van der Waals surface area contributed by atoms with Gasteiger partial charge >= 0.3 is 0 Å². The SMILES string of the molecule is C[C@@H](c1ccccc1)N1CCC(CCl)C1. The quantitative estimate of drug-likeness (QED) is 0.711. The Morgan fingerprint density at radius 3 is 2.73 bits per heavy atom. The van der Waals surface area contributed by atoms with Crippen LogP contribution >= 0.6 is 11.6 Å². The van der Waals surface area contributed by atoms with Gasteiger partial charge in [-0.15, -0.1) is 11.6 Å². The van der Waals surface area contributed by atoms with E-state index in [2.05, 4.69) is 42.2 Å². The van der Waals surface area contributed by atoms with Crippen LogP contribution in [0.5, 0.6) is 0 Å². The fourth-order valence-corrected chi connectivity index (χ4v) is 2.53. The number of likely N-dealkylation sites (tertiary alicyclic amines) is 1. The molecule has 2 atom stereocenters. The van der Waals surface area contributed by atoms with Crippen LogP contribution in [-0.4, -0.2) is 23.9 Å². The minimum Gasteiger partial charge on any atom is -0.296 e. The molecule has 0 amide bonds. The van der Waals surface area contributed by atoms with E-state index < -0.39 is 0 Å². The lowest BCUT2D eigenvalue weighted by molar-refractivity contribution is 0.255. The topological polar surface area (TPSA) is 3.24 Å². The van der Waals surface area contributed by atoms with E-state index in [1.165, 1.54) is 18.5 Å². The van der Waals surface area contributed by atoms with Crippen LogP contribution in [0.1, 0.15) is 24.9 Å². The van der Waals surface area contributed by atoms with Gasteiger partial charge in [0.05, 0.1) is 0 Å². The Bertz CT molecular complexity index is 299. The third-order valence-electron chi connectivity index (χ3n) is 3.37. The highest BCUT2D eigenvalue weighted by Gasteiger charge is 2.25. The highest BCUT2D eigenvalue weighted by atomic mass is 35.5. The normalized spacial score (nSPS) is 24.3. The molecule has 1 aliphatic heterocycles. The van der Waals surface area contributed by atoms with Crippen molar-refractivity contribution in [2.75, 3.05) is 19.0 Å². The van der Waals surface area contributed by atoms with Gasteiger partial charge in [-0.1, -0.05) is 30.3 Å². The Balaban J connectivity index is 2.00. The number of hydrogen-bond donors (Lipinski definition) is 0. The maximum Gasteiger partial charge on any atom is 0.0320 e. The molecule has 1 heterocycles. The molecule has 0 N–H and O–H groups in total. The zero-order valence-electron chi connectivity index (χ0n) is 9.20. The molecule has 1 saturated heterocycles. The van der Waals surface area contributed by atoms with E-state index in [0.29, 0.717) is 12.0 Å². The smallest absolute Gasteiger partial charge is 0.0320 e. The minimum atomic E-state index is 0.527. The van der Waals surface area contributed by atoms with Gasteiger partial charge in [0.15, 0.2) is 0 Å². The minimum absolute atomic E-state index is 0.527. The van der Waals surface area contributed by atoms with E-state index in [0.717, 1.165) is 12.4 Å². The summed E-state index contributed by atoms with van der Waals surface area (Å²) in [5.41, 5.74) is 1.41. The molecule has 0 aliphatic carbocycles. The molecule has 0 aromatic heterocycles. The summed E-state index contributed by atoms with van der Waals surface area (Å²) in [6.07, 6.45) is 1.25.